The highest BCUT2D eigenvalue weighted by Gasteiger charge is 2.10. The van der Waals surface area contributed by atoms with Crippen LogP contribution in [0.1, 0.15) is 65.7 Å². The molecule has 0 rings (SSSR count). The van der Waals surface area contributed by atoms with Gasteiger partial charge in [-0.1, -0.05) is 46.5 Å². The van der Waals surface area contributed by atoms with Crippen LogP contribution in [-0.2, 0) is 9.53 Å². The van der Waals surface area contributed by atoms with Crippen molar-refractivity contribution in [3.8, 4) is 0 Å². The Kier molecular flexibility index (Phi) is 12.5. The second-order valence-corrected chi connectivity index (χ2v) is 4.91. The SMILES string of the molecule is CCCCCN(CCCCC)CC(=O)OCCC. The van der Waals surface area contributed by atoms with Crippen molar-refractivity contribution in [3.05, 3.63) is 0 Å². The molecular formula is C15H31NO2. The predicted octanol–water partition coefficient (Wildman–Crippen LogP) is 3.62. The van der Waals surface area contributed by atoms with Gasteiger partial charge < -0.3 is 4.74 Å². The number of carbonyl (C=O) groups excluding carboxylic acids is 1. The molecule has 0 fully saturated rings. The Morgan fingerprint density at radius 3 is 1.89 bits per heavy atom. The summed E-state index contributed by atoms with van der Waals surface area (Å²) in [5.41, 5.74) is 0. The van der Waals surface area contributed by atoms with Crippen molar-refractivity contribution in [1.29, 1.82) is 0 Å². The lowest BCUT2D eigenvalue weighted by Gasteiger charge is -2.21. The first-order valence-electron chi connectivity index (χ1n) is 7.62. The standard InChI is InChI=1S/C15H31NO2/c1-4-7-9-11-16(12-10-8-5-2)14-15(17)18-13-6-3/h4-14H2,1-3H3. The van der Waals surface area contributed by atoms with E-state index in [2.05, 4.69) is 18.7 Å². The highest BCUT2D eigenvalue weighted by atomic mass is 16.5. The maximum atomic E-state index is 11.6. The molecule has 0 bridgehead atoms. The van der Waals surface area contributed by atoms with Crippen molar-refractivity contribution in [3.63, 3.8) is 0 Å². The van der Waals surface area contributed by atoms with Gasteiger partial charge in [-0.3, -0.25) is 9.69 Å². The molecule has 0 atom stereocenters. The summed E-state index contributed by atoms with van der Waals surface area (Å²) in [5.74, 6) is -0.0650. The minimum Gasteiger partial charge on any atom is -0.465 e. The molecule has 0 unspecified atom stereocenters. The lowest BCUT2D eigenvalue weighted by Crippen LogP contribution is -2.33. The van der Waals surface area contributed by atoms with E-state index in [9.17, 15) is 4.79 Å². The second kappa shape index (κ2) is 12.9. The Morgan fingerprint density at radius 2 is 1.44 bits per heavy atom. The molecule has 0 radical (unpaired) electrons. The van der Waals surface area contributed by atoms with Crippen molar-refractivity contribution >= 4 is 5.97 Å². The van der Waals surface area contributed by atoms with Crippen LogP contribution in [0.15, 0.2) is 0 Å². The minimum atomic E-state index is -0.0650. The van der Waals surface area contributed by atoms with E-state index >= 15 is 0 Å². The van der Waals surface area contributed by atoms with E-state index in [1.807, 2.05) is 6.92 Å². The number of hydrogen-bond acceptors (Lipinski definition) is 3. The van der Waals surface area contributed by atoms with Crippen molar-refractivity contribution < 1.29 is 9.53 Å². The highest BCUT2D eigenvalue weighted by molar-refractivity contribution is 5.71. The zero-order chi connectivity index (χ0) is 13.6. The lowest BCUT2D eigenvalue weighted by atomic mass is 10.2. The Labute approximate surface area is 113 Å². The summed E-state index contributed by atoms with van der Waals surface area (Å²) in [6, 6.07) is 0. The maximum Gasteiger partial charge on any atom is 0.320 e. The van der Waals surface area contributed by atoms with Gasteiger partial charge in [0.15, 0.2) is 0 Å². The van der Waals surface area contributed by atoms with Crippen LogP contribution in [0.5, 0.6) is 0 Å². The molecule has 0 heterocycles. The van der Waals surface area contributed by atoms with Crippen LogP contribution in [0, 0.1) is 0 Å². The van der Waals surface area contributed by atoms with Crippen LogP contribution < -0.4 is 0 Å². The number of hydrogen-bond donors (Lipinski definition) is 0. The largest absolute Gasteiger partial charge is 0.465 e. The first kappa shape index (κ1) is 17.4. The normalized spacial score (nSPS) is 10.9. The molecule has 0 aliphatic heterocycles. The fourth-order valence-corrected chi connectivity index (χ4v) is 1.88. The average molecular weight is 257 g/mol. The van der Waals surface area contributed by atoms with E-state index in [1.165, 1.54) is 38.5 Å². The van der Waals surface area contributed by atoms with E-state index < -0.39 is 0 Å². The molecular weight excluding hydrogens is 226 g/mol. The van der Waals surface area contributed by atoms with Crippen LogP contribution in [0.25, 0.3) is 0 Å². The number of rotatable bonds is 12. The van der Waals surface area contributed by atoms with Crippen LogP contribution in [-0.4, -0.2) is 37.1 Å². The summed E-state index contributed by atoms with van der Waals surface area (Å²) in [7, 11) is 0. The van der Waals surface area contributed by atoms with Crippen LogP contribution >= 0.6 is 0 Å². The monoisotopic (exact) mass is 257 g/mol. The molecule has 0 aliphatic carbocycles. The van der Waals surface area contributed by atoms with Gasteiger partial charge >= 0.3 is 5.97 Å². The smallest absolute Gasteiger partial charge is 0.320 e. The van der Waals surface area contributed by atoms with E-state index in [4.69, 9.17) is 4.74 Å². The van der Waals surface area contributed by atoms with Gasteiger partial charge in [0.1, 0.15) is 0 Å². The molecule has 0 saturated heterocycles. The molecule has 0 aromatic carbocycles. The highest BCUT2D eigenvalue weighted by Crippen LogP contribution is 2.03. The Morgan fingerprint density at radius 1 is 0.889 bits per heavy atom. The topological polar surface area (TPSA) is 29.5 Å². The summed E-state index contributed by atoms with van der Waals surface area (Å²) in [6.07, 6.45) is 8.21. The third-order valence-corrected chi connectivity index (χ3v) is 2.98. The Bertz CT molecular complexity index is 185. The van der Waals surface area contributed by atoms with Gasteiger partial charge in [-0.2, -0.15) is 0 Å². The number of unbranched alkanes of at least 4 members (excludes halogenated alkanes) is 4. The predicted molar refractivity (Wildman–Crippen MR) is 76.7 cm³/mol. The van der Waals surface area contributed by atoms with E-state index in [-0.39, 0.29) is 5.97 Å². The van der Waals surface area contributed by atoms with Crippen molar-refractivity contribution in [2.45, 2.75) is 65.7 Å². The number of esters is 1. The molecule has 0 aliphatic rings. The average Bonchev–Trinajstić information content (AvgIpc) is 2.36. The van der Waals surface area contributed by atoms with E-state index in [0.29, 0.717) is 13.2 Å². The summed E-state index contributed by atoms with van der Waals surface area (Å²) in [6.45, 7) is 9.50. The summed E-state index contributed by atoms with van der Waals surface area (Å²) < 4.78 is 5.15. The molecule has 0 aromatic rings. The van der Waals surface area contributed by atoms with Gasteiger partial charge in [0.05, 0.1) is 13.2 Å². The Hall–Kier alpha value is -0.570. The third-order valence-electron chi connectivity index (χ3n) is 2.98. The molecule has 0 N–H and O–H groups in total. The third kappa shape index (κ3) is 10.6. The second-order valence-electron chi connectivity index (χ2n) is 4.91. The number of carbonyl (C=O) groups is 1. The first-order valence-corrected chi connectivity index (χ1v) is 7.62. The molecule has 3 nitrogen and oxygen atoms in total. The quantitative estimate of drug-likeness (QED) is 0.395. The number of nitrogens with zero attached hydrogens (tertiary/aromatic N) is 1. The van der Waals surface area contributed by atoms with Gasteiger partial charge in [0, 0.05) is 0 Å². The lowest BCUT2D eigenvalue weighted by molar-refractivity contribution is -0.145. The molecule has 0 saturated carbocycles. The van der Waals surface area contributed by atoms with Crippen LogP contribution in [0.3, 0.4) is 0 Å². The Balaban J connectivity index is 3.89. The summed E-state index contributed by atoms with van der Waals surface area (Å²) in [4.78, 5) is 13.9. The molecule has 18 heavy (non-hydrogen) atoms. The van der Waals surface area contributed by atoms with Gasteiger partial charge in [0.2, 0.25) is 0 Å². The molecule has 0 spiro atoms. The molecule has 3 heteroatoms. The van der Waals surface area contributed by atoms with Gasteiger partial charge in [-0.25, -0.2) is 0 Å². The van der Waals surface area contributed by atoms with Gasteiger partial charge in [-0.15, -0.1) is 0 Å². The van der Waals surface area contributed by atoms with Crippen molar-refractivity contribution in [1.82, 2.24) is 4.90 Å². The van der Waals surface area contributed by atoms with Crippen molar-refractivity contribution in [2.75, 3.05) is 26.2 Å². The minimum absolute atomic E-state index is 0.0650. The molecule has 0 aromatic heterocycles. The molecule has 108 valence electrons. The number of ether oxygens (including phenoxy) is 1. The zero-order valence-corrected chi connectivity index (χ0v) is 12.5. The van der Waals surface area contributed by atoms with Crippen molar-refractivity contribution in [2.24, 2.45) is 0 Å². The first-order chi connectivity index (χ1) is 8.74. The van der Waals surface area contributed by atoms with Gasteiger partial charge in [0.25, 0.3) is 0 Å². The maximum absolute atomic E-state index is 11.6. The van der Waals surface area contributed by atoms with Gasteiger partial charge in [-0.05, 0) is 32.4 Å². The van der Waals surface area contributed by atoms with Crippen LogP contribution in [0.2, 0.25) is 0 Å². The fourth-order valence-electron chi connectivity index (χ4n) is 1.88. The van der Waals surface area contributed by atoms with Crippen LogP contribution in [0.4, 0.5) is 0 Å². The van der Waals surface area contributed by atoms with E-state index in [0.717, 1.165) is 19.5 Å². The molecule has 0 amide bonds. The summed E-state index contributed by atoms with van der Waals surface area (Å²) in [5, 5.41) is 0. The van der Waals surface area contributed by atoms with E-state index in [1.54, 1.807) is 0 Å². The zero-order valence-electron chi connectivity index (χ0n) is 12.5. The fraction of sp³-hybridized carbons (Fsp3) is 0.933. The summed E-state index contributed by atoms with van der Waals surface area (Å²) >= 11 is 0.